The molecule has 0 unspecified atom stereocenters. The van der Waals surface area contributed by atoms with Crippen LogP contribution < -0.4 is 0 Å². The highest BCUT2D eigenvalue weighted by Gasteiger charge is 2.17. The molecule has 0 aromatic rings. The van der Waals surface area contributed by atoms with E-state index in [1.807, 2.05) is 0 Å². The fraction of sp³-hybridized carbons (Fsp3) is 1.00. The van der Waals surface area contributed by atoms with E-state index in [9.17, 15) is 0 Å². The van der Waals surface area contributed by atoms with Crippen molar-refractivity contribution < 1.29 is 6.90 Å². The van der Waals surface area contributed by atoms with Gasteiger partial charge in [0.05, 0.1) is 0 Å². The molecule has 0 bridgehead atoms. The summed E-state index contributed by atoms with van der Waals surface area (Å²) in [6.45, 7) is 4.71. The van der Waals surface area contributed by atoms with Crippen LogP contribution in [0.1, 0.15) is 79.5 Å². The lowest BCUT2D eigenvalue weighted by Gasteiger charge is -2.25. The molecular formula is C14H32O. The monoisotopic (exact) mass is 216 g/mol. The number of rotatable bonds is 6. The summed E-state index contributed by atoms with van der Waals surface area (Å²) in [6.07, 6.45) is 14.8. The van der Waals surface area contributed by atoms with Gasteiger partial charge in [0, 0.05) is 1.43 Å². The standard InChI is InChI=1S/C14H28.H2O.H2/c1-3-4-5-6-7-8-14-11-9-13(2)10-12-14;;/h13-14H,3-12H2,1-2H3;1H2;1H. The summed E-state index contributed by atoms with van der Waals surface area (Å²) in [5.41, 5.74) is 0. The van der Waals surface area contributed by atoms with E-state index < -0.39 is 0 Å². The summed E-state index contributed by atoms with van der Waals surface area (Å²) in [5, 5.41) is 0. The van der Waals surface area contributed by atoms with Crippen LogP contribution in [0.15, 0.2) is 0 Å². The van der Waals surface area contributed by atoms with E-state index >= 15 is 0 Å². The molecule has 0 radical (unpaired) electrons. The molecular weight excluding hydrogens is 184 g/mol. The average Bonchev–Trinajstić information content (AvgIpc) is 2.21. The summed E-state index contributed by atoms with van der Waals surface area (Å²) in [5.74, 6) is 2.11. The Morgan fingerprint density at radius 1 is 0.933 bits per heavy atom. The summed E-state index contributed by atoms with van der Waals surface area (Å²) in [4.78, 5) is 0. The Hall–Kier alpha value is -0.0400. The van der Waals surface area contributed by atoms with Gasteiger partial charge < -0.3 is 5.48 Å². The van der Waals surface area contributed by atoms with Gasteiger partial charge in [-0.1, -0.05) is 78.1 Å². The lowest BCUT2D eigenvalue weighted by Crippen LogP contribution is -2.12. The van der Waals surface area contributed by atoms with Crippen molar-refractivity contribution in [2.45, 2.75) is 78.1 Å². The van der Waals surface area contributed by atoms with Gasteiger partial charge in [-0.25, -0.2) is 0 Å². The molecule has 94 valence electrons. The van der Waals surface area contributed by atoms with Crippen LogP contribution in [0.5, 0.6) is 0 Å². The number of unbranched alkanes of at least 4 members (excludes halogenated alkanes) is 4. The first-order valence-corrected chi connectivity index (χ1v) is 6.83. The van der Waals surface area contributed by atoms with Crippen molar-refractivity contribution >= 4 is 0 Å². The Morgan fingerprint density at radius 2 is 1.53 bits per heavy atom. The molecule has 15 heavy (non-hydrogen) atoms. The smallest absolute Gasteiger partial charge is 0 e. The molecule has 1 nitrogen and oxygen atoms in total. The van der Waals surface area contributed by atoms with Crippen molar-refractivity contribution in [3.05, 3.63) is 0 Å². The molecule has 1 rings (SSSR count). The van der Waals surface area contributed by atoms with E-state index in [0.717, 1.165) is 11.8 Å². The first kappa shape index (κ1) is 15.0. The maximum atomic E-state index is 2.41. The Morgan fingerprint density at radius 3 is 2.13 bits per heavy atom. The minimum absolute atomic E-state index is 0. The second kappa shape index (κ2) is 9.21. The van der Waals surface area contributed by atoms with Crippen molar-refractivity contribution in [1.29, 1.82) is 0 Å². The largest absolute Gasteiger partial charge is 0.412 e. The third-order valence-corrected chi connectivity index (χ3v) is 3.85. The molecule has 1 aliphatic carbocycles. The normalized spacial score (nSPS) is 26.0. The van der Waals surface area contributed by atoms with E-state index in [0.29, 0.717) is 0 Å². The number of hydrogen-bond donors (Lipinski definition) is 0. The maximum absolute atomic E-state index is 2.41. The van der Waals surface area contributed by atoms with E-state index in [1.54, 1.807) is 0 Å². The highest BCUT2D eigenvalue weighted by atomic mass is 16.0. The maximum Gasteiger partial charge on any atom is 0 e. The molecule has 2 N–H and O–H groups in total. The fourth-order valence-electron chi connectivity index (χ4n) is 2.65. The Labute approximate surface area is 97.4 Å². The third kappa shape index (κ3) is 6.94. The second-order valence-electron chi connectivity index (χ2n) is 5.33. The Bertz CT molecular complexity index is 131. The van der Waals surface area contributed by atoms with E-state index in [-0.39, 0.29) is 6.90 Å². The zero-order valence-electron chi connectivity index (χ0n) is 10.7. The first-order chi connectivity index (χ1) is 6.83. The average molecular weight is 216 g/mol. The predicted octanol–water partition coefficient (Wildman–Crippen LogP) is 4.59. The van der Waals surface area contributed by atoms with Gasteiger partial charge in [0.2, 0.25) is 0 Å². The molecule has 1 aliphatic rings. The van der Waals surface area contributed by atoms with Gasteiger partial charge >= 0.3 is 0 Å². The molecule has 0 amide bonds. The lowest BCUT2D eigenvalue weighted by molar-refractivity contribution is 0.271. The van der Waals surface area contributed by atoms with Crippen LogP contribution in [0.3, 0.4) is 0 Å². The molecule has 0 aliphatic heterocycles. The minimum Gasteiger partial charge on any atom is -0.412 e. The quantitative estimate of drug-likeness (QED) is 0.581. The molecule has 1 saturated carbocycles. The Kier molecular flexibility index (Phi) is 9.18. The molecule has 0 atom stereocenters. The fourth-order valence-corrected chi connectivity index (χ4v) is 2.65. The van der Waals surface area contributed by atoms with Crippen molar-refractivity contribution in [3.8, 4) is 0 Å². The predicted molar refractivity (Wildman–Crippen MR) is 70.2 cm³/mol. The van der Waals surface area contributed by atoms with Crippen LogP contribution >= 0.6 is 0 Å². The van der Waals surface area contributed by atoms with E-state index in [1.165, 1.54) is 64.2 Å². The summed E-state index contributed by atoms with van der Waals surface area (Å²) < 4.78 is 0. The summed E-state index contributed by atoms with van der Waals surface area (Å²) in [7, 11) is 0. The van der Waals surface area contributed by atoms with Crippen LogP contribution in [0.4, 0.5) is 0 Å². The highest BCUT2D eigenvalue weighted by molar-refractivity contribution is 4.69. The SMILES string of the molecule is CCCCCCCC1CCC(C)CC1.O.[HH]. The molecule has 0 spiro atoms. The van der Waals surface area contributed by atoms with Crippen LogP contribution in [-0.2, 0) is 0 Å². The highest BCUT2D eigenvalue weighted by Crippen LogP contribution is 2.31. The van der Waals surface area contributed by atoms with Gasteiger partial charge in [0.1, 0.15) is 0 Å². The number of hydrogen-bond acceptors (Lipinski definition) is 0. The van der Waals surface area contributed by atoms with Gasteiger partial charge in [0.25, 0.3) is 0 Å². The van der Waals surface area contributed by atoms with Crippen molar-refractivity contribution in [3.63, 3.8) is 0 Å². The zero-order chi connectivity index (χ0) is 10.2. The second-order valence-corrected chi connectivity index (χ2v) is 5.33. The molecule has 0 saturated heterocycles. The van der Waals surface area contributed by atoms with Crippen LogP contribution in [0.25, 0.3) is 0 Å². The molecule has 1 heteroatoms. The van der Waals surface area contributed by atoms with Crippen molar-refractivity contribution in [2.24, 2.45) is 11.8 Å². The van der Waals surface area contributed by atoms with Gasteiger partial charge in [-0.3, -0.25) is 0 Å². The third-order valence-electron chi connectivity index (χ3n) is 3.85. The van der Waals surface area contributed by atoms with Gasteiger partial charge in [-0.2, -0.15) is 0 Å². The van der Waals surface area contributed by atoms with Crippen molar-refractivity contribution in [2.75, 3.05) is 0 Å². The molecule has 1 fully saturated rings. The molecule has 0 aromatic carbocycles. The molecule has 0 aromatic heterocycles. The summed E-state index contributed by atoms with van der Waals surface area (Å²) in [6, 6.07) is 0. The zero-order valence-corrected chi connectivity index (χ0v) is 10.7. The lowest BCUT2D eigenvalue weighted by atomic mass is 9.80. The first-order valence-electron chi connectivity index (χ1n) is 6.83. The topological polar surface area (TPSA) is 31.5 Å². The van der Waals surface area contributed by atoms with Gasteiger partial charge in [0.15, 0.2) is 0 Å². The van der Waals surface area contributed by atoms with Gasteiger partial charge in [-0.15, -0.1) is 0 Å². The van der Waals surface area contributed by atoms with Gasteiger partial charge in [-0.05, 0) is 11.8 Å². The summed E-state index contributed by atoms with van der Waals surface area (Å²) >= 11 is 0. The van der Waals surface area contributed by atoms with E-state index in [2.05, 4.69) is 13.8 Å². The van der Waals surface area contributed by atoms with Crippen LogP contribution in [0, 0.1) is 11.8 Å². The molecule has 0 heterocycles. The van der Waals surface area contributed by atoms with E-state index in [4.69, 9.17) is 0 Å². The van der Waals surface area contributed by atoms with Crippen molar-refractivity contribution in [1.82, 2.24) is 0 Å². The van der Waals surface area contributed by atoms with Crippen LogP contribution in [0.2, 0.25) is 0 Å². The van der Waals surface area contributed by atoms with Crippen LogP contribution in [-0.4, -0.2) is 5.48 Å². The Balaban J connectivity index is 0. The minimum atomic E-state index is 0.